The van der Waals surface area contributed by atoms with Crippen molar-refractivity contribution in [1.29, 1.82) is 0 Å². The van der Waals surface area contributed by atoms with Crippen LogP contribution in [-0.2, 0) is 5.41 Å². The Morgan fingerprint density at radius 1 is 0.960 bits per heavy atom. The minimum atomic E-state index is 0.0125. The molecule has 0 fully saturated rings. The molecule has 0 bridgehead atoms. The molecule has 0 spiro atoms. The van der Waals surface area contributed by atoms with E-state index in [1.807, 2.05) is 0 Å². The zero-order valence-corrected chi connectivity index (χ0v) is 16.7. The van der Waals surface area contributed by atoms with E-state index < -0.39 is 0 Å². The Morgan fingerprint density at radius 3 is 2.08 bits per heavy atom. The van der Waals surface area contributed by atoms with Gasteiger partial charge in [-0.1, -0.05) is 52.3 Å². The molecule has 0 radical (unpaired) electrons. The van der Waals surface area contributed by atoms with E-state index >= 15 is 0 Å². The van der Waals surface area contributed by atoms with E-state index in [1.54, 1.807) is 0 Å². The molecule has 0 N–H and O–H groups in total. The summed E-state index contributed by atoms with van der Waals surface area (Å²) in [6.45, 7) is 17.4. The minimum Gasteiger partial charge on any atom is -0.232 e. The molecule has 3 aromatic rings. The highest BCUT2D eigenvalue weighted by atomic mass is 15.3. The number of nitrogens with zero attached hydrogens (tertiary/aromatic N) is 3. The van der Waals surface area contributed by atoms with E-state index in [0.717, 1.165) is 28.1 Å². The van der Waals surface area contributed by atoms with Gasteiger partial charge in [0.25, 0.3) is 0 Å². The van der Waals surface area contributed by atoms with Crippen molar-refractivity contribution in [2.45, 2.75) is 66.7 Å². The molecule has 25 heavy (non-hydrogen) atoms. The summed E-state index contributed by atoms with van der Waals surface area (Å²) in [7, 11) is 0. The SMILES string of the molecule is Cc1cc(C)c(-n2nc(C(C)C)c3ccc(C(C)(C)C)nc32)c(C)c1. The van der Waals surface area contributed by atoms with Gasteiger partial charge >= 0.3 is 0 Å². The second-order valence-corrected chi connectivity index (χ2v) is 8.52. The molecule has 0 amide bonds. The van der Waals surface area contributed by atoms with Gasteiger partial charge in [0, 0.05) is 16.5 Å². The van der Waals surface area contributed by atoms with Crippen molar-refractivity contribution in [3.8, 4) is 5.69 Å². The van der Waals surface area contributed by atoms with E-state index in [9.17, 15) is 0 Å². The highest BCUT2D eigenvalue weighted by Gasteiger charge is 2.22. The first-order chi connectivity index (χ1) is 11.6. The first kappa shape index (κ1) is 17.7. The number of aryl methyl sites for hydroxylation is 3. The van der Waals surface area contributed by atoms with Crippen molar-refractivity contribution in [3.05, 3.63) is 52.3 Å². The fourth-order valence-electron chi connectivity index (χ4n) is 3.53. The standard InChI is InChI=1S/C22H29N3/c1-13(2)19-17-9-10-18(22(6,7)8)23-21(17)25(24-19)20-15(4)11-14(3)12-16(20)5/h9-13H,1-8H3. The van der Waals surface area contributed by atoms with Gasteiger partial charge in [-0.05, 0) is 49.9 Å². The molecule has 0 aliphatic carbocycles. The van der Waals surface area contributed by atoms with Gasteiger partial charge in [-0.15, -0.1) is 0 Å². The fourth-order valence-corrected chi connectivity index (χ4v) is 3.53. The average molecular weight is 335 g/mol. The van der Waals surface area contributed by atoms with Crippen LogP contribution in [0.4, 0.5) is 0 Å². The Morgan fingerprint density at radius 2 is 1.56 bits per heavy atom. The number of aromatic nitrogens is 3. The van der Waals surface area contributed by atoms with Crippen molar-refractivity contribution in [3.63, 3.8) is 0 Å². The van der Waals surface area contributed by atoms with Gasteiger partial charge in [-0.2, -0.15) is 5.10 Å². The van der Waals surface area contributed by atoms with Crippen LogP contribution in [0.2, 0.25) is 0 Å². The number of benzene rings is 1. The van der Waals surface area contributed by atoms with Crippen LogP contribution >= 0.6 is 0 Å². The normalized spacial score (nSPS) is 12.4. The van der Waals surface area contributed by atoms with Gasteiger partial charge in [0.15, 0.2) is 5.65 Å². The largest absolute Gasteiger partial charge is 0.232 e. The predicted molar refractivity (Wildman–Crippen MR) is 106 cm³/mol. The molecule has 0 unspecified atom stereocenters. The summed E-state index contributed by atoms with van der Waals surface area (Å²) in [5.74, 6) is 0.358. The summed E-state index contributed by atoms with van der Waals surface area (Å²) in [6, 6.07) is 8.78. The van der Waals surface area contributed by atoms with Crippen molar-refractivity contribution >= 4 is 11.0 Å². The quantitative estimate of drug-likeness (QED) is 0.595. The van der Waals surface area contributed by atoms with Crippen LogP contribution in [-0.4, -0.2) is 14.8 Å². The molecule has 0 aliphatic rings. The summed E-state index contributed by atoms with van der Waals surface area (Å²) in [5.41, 5.74) is 8.09. The topological polar surface area (TPSA) is 30.7 Å². The van der Waals surface area contributed by atoms with Crippen LogP contribution in [0.25, 0.3) is 16.7 Å². The Kier molecular flexibility index (Phi) is 4.22. The smallest absolute Gasteiger partial charge is 0.163 e. The Balaban J connectivity index is 2.38. The lowest BCUT2D eigenvalue weighted by atomic mass is 9.91. The van der Waals surface area contributed by atoms with Crippen LogP contribution in [0.15, 0.2) is 24.3 Å². The Hall–Kier alpha value is -2.16. The lowest BCUT2D eigenvalue weighted by Crippen LogP contribution is -2.14. The number of rotatable bonds is 2. The van der Waals surface area contributed by atoms with E-state index in [4.69, 9.17) is 10.1 Å². The Labute approximate surface area is 151 Å². The first-order valence-corrected chi connectivity index (χ1v) is 9.08. The van der Waals surface area contributed by atoms with Gasteiger partial charge in [-0.3, -0.25) is 0 Å². The summed E-state index contributed by atoms with van der Waals surface area (Å²) in [5, 5.41) is 6.14. The highest BCUT2D eigenvalue weighted by Crippen LogP contribution is 2.31. The first-order valence-electron chi connectivity index (χ1n) is 9.08. The second-order valence-electron chi connectivity index (χ2n) is 8.52. The monoisotopic (exact) mass is 335 g/mol. The molecule has 1 aromatic carbocycles. The van der Waals surface area contributed by atoms with Gasteiger partial charge < -0.3 is 0 Å². The summed E-state index contributed by atoms with van der Waals surface area (Å²) in [4.78, 5) is 5.03. The second kappa shape index (κ2) is 5.98. The van der Waals surface area contributed by atoms with Gasteiger partial charge in [0.2, 0.25) is 0 Å². The molecule has 0 saturated heterocycles. The molecule has 2 aromatic heterocycles. The number of hydrogen-bond donors (Lipinski definition) is 0. The van der Waals surface area contributed by atoms with Gasteiger partial charge in [0.05, 0.1) is 11.4 Å². The summed E-state index contributed by atoms with van der Waals surface area (Å²) < 4.78 is 2.06. The highest BCUT2D eigenvalue weighted by molar-refractivity contribution is 5.81. The van der Waals surface area contributed by atoms with Crippen LogP contribution in [0.1, 0.15) is 68.6 Å². The lowest BCUT2D eigenvalue weighted by Gasteiger charge is -2.18. The molecule has 0 aliphatic heterocycles. The summed E-state index contributed by atoms with van der Waals surface area (Å²) >= 11 is 0. The van der Waals surface area contributed by atoms with Crippen molar-refractivity contribution in [2.24, 2.45) is 0 Å². The molecule has 0 atom stereocenters. The molecular weight excluding hydrogens is 306 g/mol. The van der Waals surface area contributed by atoms with Gasteiger partial charge in [0.1, 0.15) is 0 Å². The molecule has 2 heterocycles. The molecule has 3 rings (SSSR count). The third kappa shape index (κ3) is 3.08. The third-order valence-corrected chi connectivity index (χ3v) is 4.72. The maximum absolute atomic E-state index is 5.03. The van der Waals surface area contributed by atoms with E-state index in [1.165, 1.54) is 16.7 Å². The van der Waals surface area contributed by atoms with Crippen LogP contribution in [0.3, 0.4) is 0 Å². The van der Waals surface area contributed by atoms with Gasteiger partial charge in [-0.25, -0.2) is 9.67 Å². The third-order valence-electron chi connectivity index (χ3n) is 4.72. The number of pyridine rings is 1. The van der Waals surface area contributed by atoms with Crippen molar-refractivity contribution in [2.75, 3.05) is 0 Å². The summed E-state index contributed by atoms with van der Waals surface area (Å²) in [6.07, 6.45) is 0. The molecule has 3 nitrogen and oxygen atoms in total. The Bertz CT molecular complexity index is 917. The predicted octanol–water partition coefficient (Wildman–Crippen LogP) is 5.77. The maximum Gasteiger partial charge on any atom is 0.163 e. The fraction of sp³-hybridized carbons (Fsp3) is 0.455. The van der Waals surface area contributed by atoms with Crippen LogP contribution in [0.5, 0.6) is 0 Å². The molecular formula is C22H29N3. The van der Waals surface area contributed by atoms with E-state index in [2.05, 4.69) is 84.3 Å². The average Bonchev–Trinajstić information content (AvgIpc) is 2.84. The van der Waals surface area contributed by atoms with E-state index in [0.29, 0.717) is 5.92 Å². The minimum absolute atomic E-state index is 0.0125. The zero-order chi connectivity index (χ0) is 18.5. The maximum atomic E-state index is 5.03. The van der Waals surface area contributed by atoms with E-state index in [-0.39, 0.29) is 5.41 Å². The van der Waals surface area contributed by atoms with Crippen molar-refractivity contribution < 1.29 is 0 Å². The number of hydrogen-bond acceptors (Lipinski definition) is 2. The molecule has 0 saturated carbocycles. The van der Waals surface area contributed by atoms with Crippen LogP contribution < -0.4 is 0 Å². The number of fused-ring (bicyclic) bond motifs is 1. The molecule has 3 heteroatoms. The van der Waals surface area contributed by atoms with Crippen molar-refractivity contribution in [1.82, 2.24) is 14.8 Å². The van der Waals surface area contributed by atoms with Crippen LogP contribution in [0, 0.1) is 20.8 Å². The zero-order valence-electron chi connectivity index (χ0n) is 16.7. The lowest BCUT2D eigenvalue weighted by molar-refractivity contribution is 0.570. The molecule has 132 valence electrons.